The molecule has 92 valence electrons. The van der Waals surface area contributed by atoms with Crippen molar-refractivity contribution in [3.8, 4) is 0 Å². The number of hydrogen-bond donors (Lipinski definition) is 0. The van der Waals surface area contributed by atoms with Gasteiger partial charge in [0.1, 0.15) is 5.82 Å². The largest absolute Gasteiger partial charge is 0.331 e. The van der Waals surface area contributed by atoms with Gasteiger partial charge in [-0.25, -0.2) is 4.98 Å². The van der Waals surface area contributed by atoms with Gasteiger partial charge in [-0.15, -0.1) is 0 Å². The van der Waals surface area contributed by atoms with Crippen LogP contribution >= 0.6 is 0 Å². The highest BCUT2D eigenvalue weighted by atomic mass is 15.1. The van der Waals surface area contributed by atoms with Crippen molar-refractivity contribution in [3.63, 3.8) is 0 Å². The minimum Gasteiger partial charge on any atom is -0.331 e. The second-order valence-electron chi connectivity index (χ2n) is 4.78. The molecular formula is C16H18N2. The van der Waals surface area contributed by atoms with Crippen LogP contribution in [0.25, 0.3) is 5.57 Å². The van der Waals surface area contributed by atoms with Crippen molar-refractivity contribution in [3.05, 3.63) is 59.7 Å². The number of fused-ring (bicyclic) bond motifs is 1. The van der Waals surface area contributed by atoms with Crippen molar-refractivity contribution in [1.29, 1.82) is 0 Å². The van der Waals surface area contributed by atoms with E-state index in [0.29, 0.717) is 0 Å². The molecule has 0 saturated heterocycles. The highest BCUT2D eigenvalue weighted by molar-refractivity contribution is 5.81. The summed E-state index contributed by atoms with van der Waals surface area (Å²) in [4.78, 5) is 4.54. The van der Waals surface area contributed by atoms with Crippen LogP contribution in [0.4, 0.5) is 0 Å². The summed E-state index contributed by atoms with van der Waals surface area (Å²) in [5.41, 5.74) is 4.06. The van der Waals surface area contributed by atoms with Crippen molar-refractivity contribution in [2.24, 2.45) is 0 Å². The zero-order valence-electron chi connectivity index (χ0n) is 10.8. The second-order valence-corrected chi connectivity index (χ2v) is 4.78. The summed E-state index contributed by atoms with van der Waals surface area (Å²) in [7, 11) is 0. The lowest BCUT2D eigenvalue weighted by Gasteiger charge is -2.09. The van der Waals surface area contributed by atoms with Crippen LogP contribution in [0.3, 0.4) is 0 Å². The minimum absolute atomic E-state index is 1.03. The van der Waals surface area contributed by atoms with E-state index in [9.17, 15) is 0 Å². The number of nitrogens with zero attached hydrogens (tertiary/aromatic N) is 2. The molecule has 1 aliphatic rings. The first-order chi connectivity index (χ1) is 8.90. The van der Waals surface area contributed by atoms with Crippen molar-refractivity contribution in [1.82, 2.24) is 9.55 Å². The fourth-order valence-electron chi connectivity index (χ4n) is 2.56. The number of allylic oxidation sites excluding steroid dienone is 1. The van der Waals surface area contributed by atoms with Crippen LogP contribution in [0.2, 0.25) is 0 Å². The fraction of sp³-hybridized carbons (Fsp3) is 0.312. The van der Waals surface area contributed by atoms with E-state index in [-0.39, 0.29) is 0 Å². The lowest BCUT2D eigenvalue weighted by molar-refractivity contribution is 0.625. The number of rotatable bonds is 4. The maximum Gasteiger partial charge on any atom is 0.140 e. The Morgan fingerprint density at radius 1 is 1.28 bits per heavy atom. The normalized spacial score (nSPS) is 13.5. The molecule has 2 heteroatoms. The minimum atomic E-state index is 1.03. The van der Waals surface area contributed by atoms with Crippen LogP contribution in [0.1, 0.15) is 36.7 Å². The maximum atomic E-state index is 4.54. The molecule has 0 fully saturated rings. The fourth-order valence-corrected chi connectivity index (χ4v) is 2.56. The third-order valence-electron chi connectivity index (χ3n) is 3.54. The average molecular weight is 238 g/mol. The first-order valence-corrected chi connectivity index (χ1v) is 6.70. The van der Waals surface area contributed by atoms with Crippen molar-refractivity contribution in [2.75, 3.05) is 0 Å². The number of benzene rings is 1. The highest BCUT2D eigenvalue weighted by Crippen LogP contribution is 2.31. The first-order valence-electron chi connectivity index (χ1n) is 6.70. The summed E-state index contributed by atoms with van der Waals surface area (Å²) in [5, 5.41) is 0. The molecule has 0 saturated carbocycles. The van der Waals surface area contributed by atoms with E-state index in [1.54, 1.807) is 0 Å². The molecule has 2 aromatic rings. The number of imidazole rings is 1. The summed E-state index contributed by atoms with van der Waals surface area (Å²) in [6, 6.07) is 8.63. The Balaban J connectivity index is 1.95. The van der Waals surface area contributed by atoms with Crippen molar-refractivity contribution < 1.29 is 0 Å². The van der Waals surface area contributed by atoms with E-state index in [4.69, 9.17) is 0 Å². The molecule has 3 rings (SSSR count). The van der Waals surface area contributed by atoms with E-state index in [2.05, 4.69) is 53.0 Å². The molecule has 0 spiro atoms. The topological polar surface area (TPSA) is 17.8 Å². The van der Waals surface area contributed by atoms with Crippen LogP contribution in [0, 0.1) is 0 Å². The number of hydrogen-bond acceptors (Lipinski definition) is 1. The third kappa shape index (κ3) is 1.88. The predicted molar refractivity (Wildman–Crippen MR) is 74.4 cm³/mol. The lowest BCUT2D eigenvalue weighted by Crippen LogP contribution is -2.02. The second kappa shape index (κ2) is 4.81. The van der Waals surface area contributed by atoms with Gasteiger partial charge in [0.2, 0.25) is 0 Å². The van der Waals surface area contributed by atoms with E-state index in [1.165, 1.54) is 29.5 Å². The van der Waals surface area contributed by atoms with Crippen LogP contribution in [0.5, 0.6) is 0 Å². The van der Waals surface area contributed by atoms with Gasteiger partial charge in [0, 0.05) is 24.5 Å². The third-order valence-corrected chi connectivity index (χ3v) is 3.54. The number of unbranched alkanes of at least 4 members (excludes halogenated alkanes) is 1. The van der Waals surface area contributed by atoms with Gasteiger partial charge in [-0.1, -0.05) is 43.7 Å². The van der Waals surface area contributed by atoms with Gasteiger partial charge < -0.3 is 4.57 Å². The van der Waals surface area contributed by atoms with Gasteiger partial charge in [0.15, 0.2) is 0 Å². The molecule has 1 aliphatic carbocycles. The molecule has 0 aliphatic heterocycles. The number of aryl methyl sites for hydroxylation is 1. The monoisotopic (exact) mass is 238 g/mol. The summed E-state index contributed by atoms with van der Waals surface area (Å²) in [5.74, 6) is 1.12. The van der Waals surface area contributed by atoms with Gasteiger partial charge in [-0.2, -0.15) is 0 Å². The molecule has 0 radical (unpaired) electrons. The van der Waals surface area contributed by atoms with Crippen LogP contribution in [-0.2, 0) is 13.0 Å². The molecule has 0 N–H and O–H groups in total. The Hall–Kier alpha value is -1.83. The Bertz CT molecular complexity index is 578. The van der Waals surface area contributed by atoms with Crippen molar-refractivity contribution >= 4 is 5.57 Å². The quantitative estimate of drug-likeness (QED) is 0.794. The van der Waals surface area contributed by atoms with Gasteiger partial charge in [-0.05, 0) is 24.0 Å². The zero-order valence-corrected chi connectivity index (χ0v) is 10.8. The SMILES string of the molecule is CCCCn1ccnc1C1=CCc2ccccc21. The lowest BCUT2D eigenvalue weighted by atomic mass is 10.1. The molecule has 1 heterocycles. The van der Waals surface area contributed by atoms with E-state index in [0.717, 1.165) is 18.8 Å². The Morgan fingerprint density at radius 2 is 2.17 bits per heavy atom. The predicted octanol–water partition coefficient (Wildman–Crippen LogP) is 3.67. The Labute approximate surface area is 108 Å². The molecule has 1 aromatic carbocycles. The molecule has 0 bridgehead atoms. The molecule has 18 heavy (non-hydrogen) atoms. The van der Waals surface area contributed by atoms with Crippen LogP contribution in [0.15, 0.2) is 42.7 Å². The average Bonchev–Trinajstić information content (AvgIpc) is 3.02. The number of aromatic nitrogens is 2. The van der Waals surface area contributed by atoms with E-state index in [1.807, 2.05) is 6.20 Å². The van der Waals surface area contributed by atoms with Gasteiger partial charge >= 0.3 is 0 Å². The van der Waals surface area contributed by atoms with Gasteiger partial charge in [0.05, 0.1) is 0 Å². The van der Waals surface area contributed by atoms with E-state index < -0.39 is 0 Å². The van der Waals surface area contributed by atoms with Gasteiger partial charge in [-0.3, -0.25) is 0 Å². The molecule has 1 aromatic heterocycles. The van der Waals surface area contributed by atoms with Crippen molar-refractivity contribution in [2.45, 2.75) is 32.7 Å². The van der Waals surface area contributed by atoms with Crippen LogP contribution < -0.4 is 0 Å². The molecule has 2 nitrogen and oxygen atoms in total. The molecule has 0 amide bonds. The summed E-state index contributed by atoms with van der Waals surface area (Å²) in [6.07, 6.45) is 9.76. The molecular weight excluding hydrogens is 220 g/mol. The van der Waals surface area contributed by atoms with Crippen LogP contribution in [-0.4, -0.2) is 9.55 Å². The van der Waals surface area contributed by atoms with Gasteiger partial charge in [0.25, 0.3) is 0 Å². The Kier molecular flexibility index (Phi) is 3.01. The summed E-state index contributed by atoms with van der Waals surface area (Å²) >= 11 is 0. The zero-order chi connectivity index (χ0) is 12.4. The first kappa shape index (κ1) is 11.3. The van der Waals surface area contributed by atoms with E-state index >= 15 is 0 Å². The Morgan fingerprint density at radius 3 is 3.06 bits per heavy atom. The maximum absolute atomic E-state index is 4.54. The summed E-state index contributed by atoms with van der Waals surface area (Å²) < 4.78 is 2.28. The molecule has 0 atom stereocenters. The summed E-state index contributed by atoms with van der Waals surface area (Å²) in [6.45, 7) is 3.28. The molecule has 0 unspecified atom stereocenters. The standard InChI is InChI=1S/C16H18N2/c1-2-3-11-18-12-10-17-16(18)15-9-8-13-6-4-5-7-14(13)15/h4-7,9-10,12H,2-3,8,11H2,1H3. The highest BCUT2D eigenvalue weighted by Gasteiger charge is 2.18. The smallest absolute Gasteiger partial charge is 0.140 e.